The Kier molecular flexibility index (Phi) is 7.81. The van der Waals surface area contributed by atoms with Gasteiger partial charge in [-0.05, 0) is 33.2 Å². The van der Waals surface area contributed by atoms with E-state index in [-0.39, 0.29) is 0 Å². The molecule has 0 rings (SSSR count). The molecule has 0 heterocycles. The fraction of sp³-hybridized carbons (Fsp3) is 0.833. The number of nitrogens with one attached hydrogen (secondary N) is 1. The molecule has 0 spiro atoms. The highest BCUT2D eigenvalue weighted by molar-refractivity contribution is 4.90. The van der Waals surface area contributed by atoms with Crippen LogP contribution in [0.3, 0.4) is 0 Å². The Morgan fingerprint density at radius 2 is 2.07 bits per heavy atom. The smallest absolute Gasteiger partial charge is 0.0724 e. The quantitative estimate of drug-likeness (QED) is 0.607. The van der Waals surface area contributed by atoms with Crippen LogP contribution in [-0.2, 0) is 4.74 Å². The molecule has 0 amide bonds. The summed E-state index contributed by atoms with van der Waals surface area (Å²) in [6.45, 7) is 8.19. The van der Waals surface area contributed by atoms with Crippen LogP contribution in [0, 0.1) is 0 Å². The second kappa shape index (κ2) is 8.01. The number of methoxy groups -OCH3 is 1. The topological polar surface area (TPSA) is 21.3 Å². The Labute approximate surface area is 88.7 Å². The number of likely N-dealkylation sites (N-methyl/N-ethyl adjacent to an activating group) is 1. The minimum Gasteiger partial charge on any atom is -0.380 e. The lowest BCUT2D eigenvalue weighted by atomic mass is 9.99. The normalized spacial score (nSPS) is 15.1. The zero-order chi connectivity index (χ0) is 11.0. The van der Waals surface area contributed by atoms with Gasteiger partial charge in [0, 0.05) is 13.2 Å². The van der Waals surface area contributed by atoms with Crippen molar-refractivity contribution in [3.8, 4) is 0 Å². The summed E-state index contributed by atoms with van der Waals surface area (Å²) < 4.78 is 5.48. The molecule has 2 unspecified atom stereocenters. The summed E-state index contributed by atoms with van der Waals surface area (Å²) in [6, 6.07) is 0.455. The molecule has 1 N–H and O–H groups in total. The van der Waals surface area contributed by atoms with Gasteiger partial charge in [-0.2, -0.15) is 0 Å². The van der Waals surface area contributed by atoms with Crippen molar-refractivity contribution in [1.29, 1.82) is 0 Å². The number of ether oxygens (including phenoxy) is 1. The summed E-state index contributed by atoms with van der Waals surface area (Å²) in [5.41, 5.74) is 1.25. The number of hydrogen-bond donors (Lipinski definition) is 1. The summed E-state index contributed by atoms with van der Waals surface area (Å²) in [4.78, 5) is 0. The van der Waals surface area contributed by atoms with Crippen molar-refractivity contribution in [3.05, 3.63) is 12.2 Å². The second-order valence-electron chi connectivity index (χ2n) is 3.95. The van der Waals surface area contributed by atoms with Crippen molar-refractivity contribution in [2.75, 3.05) is 14.2 Å². The molecule has 14 heavy (non-hydrogen) atoms. The van der Waals surface area contributed by atoms with E-state index in [0.29, 0.717) is 12.1 Å². The molecule has 2 nitrogen and oxygen atoms in total. The maximum absolute atomic E-state index is 5.48. The molecule has 2 atom stereocenters. The molecule has 0 fully saturated rings. The Bertz CT molecular complexity index is 156. The number of rotatable bonds is 8. The van der Waals surface area contributed by atoms with Crippen LogP contribution in [-0.4, -0.2) is 26.3 Å². The van der Waals surface area contributed by atoms with Gasteiger partial charge in [0.05, 0.1) is 6.10 Å². The second-order valence-corrected chi connectivity index (χ2v) is 3.95. The Balaban J connectivity index is 4.00. The van der Waals surface area contributed by atoms with Crippen molar-refractivity contribution in [3.63, 3.8) is 0 Å². The third-order valence-corrected chi connectivity index (χ3v) is 2.58. The van der Waals surface area contributed by atoms with Crippen molar-refractivity contribution >= 4 is 0 Å². The van der Waals surface area contributed by atoms with E-state index in [2.05, 4.69) is 25.7 Å². The maximum Gasteiger partial charge on any atom is 0.0724 e. The molecule has 0 saturated carbocycles. The highest BCUT2D eigenvalue weighted by Crippen LogP contribution is 2.13. The van der Waals surface area contributed by atoms with Crippen molar-refractivity contribution in [2.24, 2.45) is 0 Å². The van der Waals surface area contributed by atoms with Crippen molar-refractivity contribution in [1.82, 2.24) is 5.32 Å². The van der Waals surface area contributed by atoms with Gasteiger partial charge in [-0.25, -0.2) is 0 Å². The highest BCUT2D eigenvalue weighted by atomic mass is 16.5. The molecule has 0 aliphatic heterocycles. The van der Waals surface area contributed by atoms with Gasteiger partial charge in [0.25, 0.3) is 0 Å². The molecular formula is C12H25NO. The number of allylic oxidation sites excluding steroid dienone is 1. The van der Waals surface area contributed by atoms with Crippen molar-refractivity contribution in [2.45, 2.75) is 51.7 Å². The molecule has 0 aromatic carbocycles. The molecule has 0 bridgehead atoms. The predicted octanol–water partition coefficient (Wildman–Crippen LogP) is 2.75. The molecule has 0 radical (unpaired) electrons. The van der Waals surface area contributed by atoms with E-state index in [1.807, 2.05) is 7.05 Å². The zero-order valence-corrected chi connectivity index (χ0v) is 10.1. The first-order valence-corrected chi connectivity index (χ1v) is 5.50. The summed E-state index contributed by atoms with van der Waals surface area (Å²) in [5, 5.41) is 3.33. The van der Waals surface area contributed by atoms with Crippen LogP contribution in [0.15, 0.2) is 12.2 Å². The number of hydrogen-bond acceptors (Lipinski definition) is 2. The average molecular weight is 199 g/mol. The summed E-state index contributed by atoms with van der Waals surface area (Å²) >= 11 is 0. The largest absolute Gasteiger partial charge is 0.380 e. The lowest BCUT2D eigenvalue weighted by Gasteiger charge is -2.25. The fourth-order valence-corrected chi connectivity index (χ4v) is 1.69. The van der Waals surface area contributed by atoms with E-state index >= 15 is 0 Å². The Hall–Kier alpha value is -0.340. The van der Waals surface area contributed by atoms with Crippen LogP contribution < -0.4 is 5.32 Å². The molecule has 2 heteroatoms. The first-order chi connectivity index (χ1) is 6.65. The van der Waals surface area contributed by atoms with E-state index < -0.39 is 0 Å². The van der Waals surface area contributed by atoms with Gasteiger partial charge >= 0.3 is 0 Å². The molecule has 0 aliphatic rings. The van der Waals surface area contributed by atoms with Crippen LogP contribution in [0.5, 0.6) is 0 Å². The Morgan fingerprint density at radius 3 is 2.43 bits per heavy atom. The maximum atomic E-state index is 5.48. The van der Waals surface area contributed by atoms with Crippen LogP contribution in [0.1, 0.15) is 39.5 Å². The molecule has 0 aromatic heterocycles. The lowest BCUT2D eigenvalue weighted by molar-refractivity contribution is 0.0607. The third kappa shape index (κ3) is 5.40. The lowest BCUT2D eigenvalue weighted by Crippen LogP contribution is -2.38. The summed E-state index contributed by atoms with van der Waals surface area (Å²) in [7, 11) is 3.80. The Morgan fingerprint density at radius 1 is 1.43 bits per heavy atom. The van der Waals surface area contributed by atoms with Gasteiger partial charge in [-0.15, -0.1) is 6.58 Å². The van der Waals surface area contributed by atoms with Crippen molar-refractivity contribution < 1.29 is 4.74 Å². The SMILES string of the molecule is C=C(C)CCC(NC)C(CCC)OC. The van der Waals surface area contributed by atoms with Gasteiger partial charge in [0.1, 0.15) is 0 Å². The third-order valence-electron chi connectivity index (χ3n) is 2.58. The molecule has 84 valence electrons. The highest BCUT2D eigenvalue weighted by Gasteiger charge is 2.17. The molecule has 0 aromatic rings. The van der Waals surface area contributed by atoms with Gasteiger partial charge in [0.2, 0.25) is 0 Å². The molecule has 0 aliphatic carbocycles. The van der Waals surface area contributed by atoms with Gasteiger partial charge in [0.15, 0.2) is 0 Å². The van der Waals surface area contributed by atoms with E-state index in [1.54, 1.807) is 7.11 Å². The first-order valence-electron chi connectivity index (χ1n) is 5.50. The van der Waals surface area contributed by atoms with Crippen LogP contribution >= 0.6 is 0 Å². The minimum absolute atomic E-state index is 0.337. The van der Waals surface area contributed by atoms with Crippen LogP contribution in [0.2, 0.25) is 0 Å². The van der Waals surface area contributed by atoms with Crippen LogP contribution in [0.25, 0.3) is 0 Å². The van der Waals surface area contributed by atoms with E-state index in [9.17, 15) is 0 Å². The van der Waals surface area contributed by atoms with E-state index in [0.717, 1.165) is 19.3 Å². The van der Waals surface area contributed by atoms with Gasteiger partial charge in [-0.1, -0.05) is 18.9 Å². The zero-order valence-electron chi connectivity index (χ0n) is 10.1. The van der Waals surface area contributed by atoms with Gasteiger partial charge < -0.3 is 10.1 Å². The monoisotopic (exact) mass is 199 g/mol. The predicted molar refractivity (Wildman–Crippen MR) is 62.6 cm³/mol. The van der Waals surface area contributed by atoms with Gasteiger partial charge in [-0.3, -0.25) is 0 Å². The molecular weight excluding hydrogens is 174 g/mol. The molecule has 0 saturated heterocycles. The van der Waals surface area contributed by atoms with E-state index in [4.69, 9.17) is 4.74 Å². The minimum atomic E-state index is 0.337. The van der Waals surface area contributed by atoms with E-state index in [1.165, 1.54) is 12.0 Å². The fourth-order valence-electron chi connectivity index (χ4n) is 1.69. The van der Waals surface area contributed by atoms with Crippen LogP contribution in [0.4, 0.5) is 0 Å². The standard InChI is InChI=1S/C12H25NO/c1-6-7-12(14-5)11(13-4)9-8-10(2)3/h11-13H,2,6-9H2,1,3-5H3. The first kappa shape index (κ1) is 13.7. The summed E-state index contributed by atoms with van der Waals surface area (Å²) in [5.74, 6) is 0. The summed E-state index contributed by atoms with van der Waals surface area (Å²) in [6.07, 6.45) is 4.82. The average Bonchev–Trinajstić information content (AvgIpc) is 2.16.